The van der Waals surface area contributed by atoms with Crippen LogP contribution in [0.3, 0.4) is 0 Å². The molecule has 2 aromatic rings. The lowest BCUT2D eigenvalue weighted by Crippen LogP contribution is -2.32. The molecule has 1 N–H and O–H groups in total. The molecule has 3 rings (SSSR count). The van der Waals surface area contributed by atoms with Crippen LogP contribution in [0.1, 0.15) is 32.1 Å². The summed E-state index contributed by atoms with van der Waals surface area (Å²) in [6, 6.07) is 7.13. The van der Waals surface area contributed by atoms with Gasteiger partial charge >= 0.3 is 0 Å². The Morgan fingerprint density at radius 1 is 1.32 bits per heavy atom. The Labute approximate surface area is 154 Å². The number of rotatable bonds is 8. The first-order valence-electron chi connectivity index (χ1n) is 8.61. The Bertz CT molecular complexity index is 775. The minimum atomic E-state index is -0.174. The molecular weight excluding hydrogens is 356 g/mol. The monoisotopic (exact) mass is 378 g/mol. The standard InChI is InChI=1S/C17H22N4O2S2/c22-16(8-4-1-5-13-9-12-24-25-13)18-10-11-21-17(23)14-6-2-3-7-15(14)19-20-21/h2-3,6-7,13H,1,4-5,8-12H2,(H,18,22). The van der Waals surface area contributed by atoms with Gasteiger partial charge in [0.2, 0.25) is 5.91 Å². The van der Waals surface area contributed by atoms with E-state index in [0.717, 1.165) is 18.1 Å². The van der Waals surface area contributed by atoms with E-state index >= 15 is 0 Å². The van der Waals surface area contributed by atoms with Crippen LogP contribution in [0, 0.1) is 0 Å². The van der Waals surface area contributed by atoms with Crippen molar-refractivity contribution in [2.45, 2.75) is 43.9 Å². The number of unbranched alkanes of at least 4 members (excludes halogenated alkanes) is 1. The molecule has 1 unspecified atom stereocenters. The number of carbonyl (C=O) groups is 1. The van der Waals surface area contributed by atoms with Crippen molar-refractivity contribution in [2.75, 3.05) is 12.3 Å². The van der Waals surface area contributed by atoms with Crippen LogP contribution in [-0.2, 0) is 11.3 Å². The summed E-state index contributed by atoms with van der Waals surface area (Å²) in [5.74, 6) is 1.29. The molecule has 1 atom stereocenters. The molecule has 1 aliphatic rings. The molecule has 0 saturated carbocycles. The Balaban J connectivity index is 1.38. The predicted octanol–water partition coefficient (Wildman–Crippen LogP) is 2.62. The summed E-state index contributed by atoms with van der Waals surface area (Å²) in [5, 5.41) is 12.1. The van der Waals surface area contributed by atoms with Gasteiger partial charge in [-0.3, -0.25) is 9.59 Å². The van der Waals surface area contributed by atoms with Crippen molar-refractivity contribution in [1.82, 2.24) is 20.3 Å². The van der Waals surface area contributed by atoms with Crippen molar-refractivity contribution >= 4 is 38.4 Å². The second kappa shape index (κ2) is 9.24. The van der Waals surface area contributed by atoms with Crippen molar-refractivity contribution in [1.29, 1.82) is 0 Å². The first-order chi connectivity index (χ1) is 12.2. The first-order valence-corrected chi connectivity index (χ1v) is 11.0. The molecule has 1 amide bonds. The van der Waals surface area contributed by atoms with Crippen molar-refractivity contribution in [3.05, 3.63) is 34.6 Å². The third kappa shape index (κ3) is 5.22. The van der Waals surface area contributed by atoms with Crippen LogP contribution in [0.25, 0.3) is 10.9 Å². The molecule has 134 valence electrons. The lowest BCUT2D eigenvalue weighted by Gasteiger charge is -2.08. The smallest absolute Gasteiger partial charge is 0.277 e. The first kappa shape index (κ1) is 18.3. The Morgan fingerprint density at radius 3 is 3.04 bits per heavy atom. The molecule has 0 spiro atoms. The Kier molecular flexibility index (Phi) is 6.75. The second-order valence-electron chi connectivity index (χ2n) is 6.06. The van der Waals surface area contributed by atoms with Crippen LogP contribution in [0.4, 0.5) is 0 Å². The third-order valence-electron chi connectivity index (χ3n) is 4.18. The average molecular weight is 379 g/mol. The lowest BCUT2D eigenvalue weighted by atomic mass is 10.1. The van der Waals surface area contributed by atoms with E-state index in [1.165, 1.54) is 23.3 Å². The summed E-state index contributed by atoms with van der Waals surface area (Å²) < 4.78 is 1.30. The minimum Gasteiger partial charge on any atom is -0.354 e. The van der Waals surface area contributed by atoms with E-state index in [2.05, 4.69) is 15.6 Å². The number of fused-ring (bicyclic) bond motifs is 1. The molecule has 1 aliphatic heterocycles. The van der Waals surface area contributed by atoms with Gasteiger partial charge in [-0.25, -0.2) is 4.68 Å². The van der Waals surface area contributed by atoms with E-state index in [1.807, 2.05) is 27.7 Å². The fraction of sp³-hybridized carbons (Fsp3) is 0.529. The zero-order valence-electron chi connectivity index (χ0n) is 14.0. The van der Waals surface area contributed by atoms with Gasteiger partial charge in [-0.1, -0.05) is 45.4 Å². The van der Waals surface area contributed by atoms with Crippen LogP contribution in [0.5, 0.6) is 0 Å². The molecule has 1 fully saturated rings. The van der Waals surface area contributed by atoms with E-state index in [1.54, 1.807) is 18.2 Å². The average Bonchev–Trinajstić information content (AvgIpc) is 3.14. The zero-order valence-corrected chi connectivity index (χ0v) is 15.7. The number of hydrogen-bond acceptors (Lipinski definition) is 6. The number of nitrogens with zero attached hydrogens (tertiary/aromatic N) is 3. The maximum Gasteiger partial charge on any atom is 0.277 e. The Morgan fingerprint density at radius 2 is 2.20 bits per heavy atom. The fourth-order valence-corrected chi connectivity index (χ4v) is 5.81. The van der Waals surface area contributed by atoms with Gasteiger partial charge in [-0.2, -0.15) is 0 Å². The van der Waals surface area contributed by atoms with Crippen LogP contribution < -0.4 is 10.9 Å². The number of aromatic nitrogens is 3. The van der Waals surface area contributed by atoms with Crippen molar-refractivity contribution < 1.29 is 4.79 Å². The maximum absolute atomic E-state index is 12.3. The number of carbonyl (C=O) groups excluding carboxylic acids is 1. The molecule has 0 bridgehead atoms. The van der Waals surface area contributed by atoms with E-state index in [0.29, 0.717) is 30.4 Å². The van der Waals surface area contributed by atoms with Crippen LogP contribution in [0.15, 0.2) is 29.1 Å². The number of hydrogen-bond donors (Lipinski definition) is 1. The molecule has 25 heavy (non-hydrogen) atoms. The quantitative estimate of drug-likeness (QED) is 0.562. The van der Waals surface area contributed by atoms with Gasteiger partial charge in [0.1, 0.15) is 5.52 Å². The van der Waals surface area contributed by atoms with Gasteiger partial charge < -0.3 is 5.32 Å². The zero-order chi connectivity index (χ0) is 17.5. The summed E-state index contributed by atoms with van der Waals surface area (Å²) in [7, 11) is 3.94. The molecule has 6 nitrogen and oxygen atoms in total. The van der Waals surface area contributed by atoms with Crippen molar-refractivity contribution in [3.8, 4) is 0 Å². The number of amides is 1. The van der Waals surface area contributed by atoms with Crippen LogP contribution >= 0.6 is 21.6 Å². The van der Waals surface area contributed by atoms with Gasteiger partial charge in [0.05, 0.1) is 11.9 Å². The summed E-state index contributed by atoms with van der Waals surface area (Å²) >= 11 is 0. The molecular formula is C17H22N4O2S2. The number of benzene rings is 1. The SMILES string of the molecule is O=C(CCCCC1CCSS1)NCCn1nnc2ccccc2c1=O. The van der Waals surface area contributed by atoms with Crippen molar-refractivity contribution in [2.24, 2.45) is 0 Å². The second-order valence-corrected chi connectivity index (χ2v) is 8.85. The number of nitrogens with one attached hydrogen (secondary N) is 1. The van der Waals surface area contributed by atoms with E-state index in [-0.39, 0.29) is 11.5 Å². The summed E-state index contributed by atoms with van der Waals surface area (Å²) in [6.45, 7) is 0.721. The van der Waals surface area contributed by atoms with Gasteiger partial charge in [-0.05, 0) is 31.4 Å². The van der Waals surface area contributed by atoms with Gasteiger partial charge in [0.15, 0.2) is 0 Å². The molecule has 0 aliphatic carbocycles. The highest BCUT2D eigenvalue weighted by Crippen LogP contribution is 2.39. The molecule has 1 saturated heterocycles. The molecule has 2 heterocycles. The van der Waals surface area contributed by atoms with Crippen LogP contribution in [-0.4, -0.2) is 38.4 Å². The summed E-state index contributed by atoms with van der Waals surface area (Å²) in [6.07, 6.45) is 5.06. The summed E-state index contributed by atoms with van der Waals surface area (Å²) in [5.41, 5.74) is 0.415. The topological polar surface area (TPSA) is 76.9 Å². The Hall–Kier alpha value is -1.54. The lowest BCUT2D eigenvalue weighted by molar-refractivity contribution is -0.121. The molecule has 1 aromatic heterocycles. The largest absolute Gasteiger partial charge is 0.354 e. The predicted molar refractivity (Wildman–Crippen MR) is 104 cm³/mol. The highest BCUT2D eigenvalue weighted by Gasteiger charge is 2.15. The van der Waals surface area contributed by atoms with E-state index < -0.39 is 0 Å². The van der Waals surface area contributed by atoms with Crippen LogP contribution in [0.2, 0.25) is 0 Å². The third-order valence-corrected chi connectivity index (χ3v) is 7.19. The van der Waals surface area contributed by atoms with E-state index in [4.69, 9.17) is 0 Å². The fourth-order valence-electron chi connectivity index (χ4n) is 2.78. The highest BCUT2D eigenvalue weighted by molar-refractivity contribution is 8.77. The normalized spacial score (nSPS) is 17.0. The summed E-state index contributed by atoms with van der Waals surface area (Å²) in [4.78, 5) is 24.2. The van der Waals surface area contributed by atoms with Gasteiger partial charge in [0.25, 0.3) is 5.56 Å². The minimum absolute atomic E-state index is 0.0373. The highest BCUT2D eigenvalue weighted by atomic mass is 33.1. The van der Waals surface area contributed by atoms with E-state index in [9.17, 15) is 9.59 Å². The molecule has 0 radical (unpaired) electrons. The van der Waals surface area contributed by atoms with Crippen molar-refractivity contribution in [3.63, 3.8) is 0 Å². The maximum atomic E-state index is 12.3. The van der Waals surface area contributed by atoms with Gasteiger partial charge in [-0.15, -0.1) is 5.10 Å². The molecule has 1 aromatic carbocycles. The van der Waals surface area contributed by atoms with Gasteiger partial charge in [0, 0.05) is 24.0 Å². The molecule has 8 heteroatoms.